The summed E-state index contributed by atoms with van der Waals surface area (Å²) in [7, 11) is 2.10. The Labute approximate surface area is 152 Å². The molecule has 0 radical (unpaired) electrons. The number of nitrogens with one attached hydrogen (secondary N) is 2. The average Bonchev–Trinajstić information content (AvgIpc) is 3.14. The van der Waals surface area contributed by atoms with Crippen LogP contribution in [0.1, 0.15) is 12.8 Å². The number of likely N-dealkylation sites (tertiary alicyclic amines) is 1. The fraction of sp³-hybridized carbons (Fsp3) is 0.400. The van der Waals surface area contributed by atoms with Crippen LogP contribution >= 0.6 is 27.3 Å². The lowest BCUT2D eigenvalue weighted by Crippen LogP contribution is -2.30. The Morgan fingerprint density at radius 1 is 1.42 bits per heavy atom. The van der Waals surface area contributed by atoms with Crippen molar-refractivity contribution in [1.29, 1.82) is 0 Å². The first-order valence-electron chi connectivity index (χ1n) is 7.59. The first kappa shape index (κ1) is 17.1. The zero-order valence-corrected chi connectivity index (χ0v) is 15.6. The molecule has 0 bridgehead atoms. The van der Waals surface area contributed by atoms with Gasteiger partial charge in [0.05, 0.1) is 0 Å². The molecule has 1 unspecified atom stereocenters. The average molecular weight is 412 g/mol. The molecule has 2 aromatic heterocycles. The van der Waals surface area contributed by atoms with Crippen molar-refractivity contribution < 1.29 is 9.53 Å². The molecular weight excluding hydrogens is 394 g/mol. The fourth-order valence-electron chi connectivity index (χ4n) is 2.51. The second-order valence-electron chi connectivity index (χ2n) is 5.51. The number of pyridine rings is 1. The Balaban J connectivity index is 1.53. The summed E-state index contributed by atoms with van der Waals surface area (Å²) in [6.45, 7) is 1.71. The number of likely N-dealkylation sites (N-methyl/N-ethyl adjacent to an activating group) is 1. The van der Waals surface area contributed by atoms with Gasteiger partial charge in [-0.25, -0.2) is 9.78 Å². The van der Waals surface area contributed by atoms with E-state index in [0.717, 1.165) is 13.0 Å². The minimum atomic E-state index is -0.395. The summed E-state index contributed by atoms with van der Waals surface area (Å²) in [6.07, 6.45) is 2.34. The van der Waals surface area contributed by atoms with Crippen molar-refractivity contribution in [2.75, 3.05) is 30.8 Å². The van der Waals surface area contributed by atoms with Gasteiger partial charge in [0.2, 0.25) is 5.88 Å². The predicted molar refractivity (Wildman–Crippen MR) is 97.8 cm³/mol. The third-order valence-corrected chi connectivity index (χ3v) is 5.14. The Hall–Kier alpha value is -1.71. The fourth-order valence-corrected chi connectivity index (χ4v) is 3.45. The third kappa shape index (κ3) is 4.65. The highest BCUT2D eigenvalue weighted by Gasteiger charge is 2.21. The molecule has 128 valence electrons. The number of carbonyl (C=O) groups is 1. The van der Waals surface area contributed by atoms with Crippen LogP contribution in [0.15, 0.2) is 27.5 Å². The molecule has 0 spiro atoms. The van der Waals surface area contributed by atoms with Crippen LogP contribution in [0.25, 0.3) is 0 Å². The highest BCUT2D eigenvalue weighted by atomic mass is 79.9. The molecular formula is C15H18BrN5O2S. The Kier molecular flexibility index (Phi) is 5.64. The molecule has 1 aliphatic heterocycles. The summed E-state index contributed by atoms with van der Waals surface area (Å²) in [5.41, 5.74) is 0. The van der Waals surface area contributed by atoms with Crippen molar-refractivity contribution in [3.63, 3.8) is 0 Å². The minimum absolute atomic E-state index is 0.395. The van der Waals surface area contributed by atoms with Crippen LogP contribution in [0.4, 0.5) is 16.4 Å². The highest BCUT2D eigenvalue weighted by molar-refractivity contribution is 9.11. The van der Waals surface area contributed by atoms with Gasteiger partial charge < -0.3 is 9.64 Å². The summed E-state index contributed by atoms with van der Waals surface area (Å²) in [5, 5.41) is 7.06. The third-order valence-electron chi connectivity index (χ3n) is 3.78. The zero-order chi connectivity index (χ0) is 16.9. The lowest BCUT2D eigenvalue weighted by molar-refractivity contribution is 0.193. The number of aromatic nitrogens is 2. The van der Waals surface area contributed by atoms with Gasteiger partial charge >= 0.3 is 6.03 Å². The molecule has 7 nitrogen and oxygen atoms in total. The molecule has 2 amide bonds. The van der Waals surface area contributed by atoms with Gasteiger partial charge in [0.15, 0.2) is 3.92 Å². The Morgan fingerprint density at radius 3 is 2.96 bits per heavy atom. The zero-order valence-electron chi connectivity index (χ0n) is 13.2. The normalized spacial score (nSPS) is 17.7. The van der Waals surface area contributed by atoms with Crippen molar-refractivity contribution in [1.82, 2.24) is 14.9 Å². The molecule has 1 saturated heterocycles. The van der Waals surface area contributed by atoms with Gasteiger partial charge in [0.25, 0.3) is 0 Å². The number of carbonyl (C=O) groups excluding carboxylic acids is 1. The Morgan fingerprint density at radius 2 is 2.25 bits per heavy atom. The van der Waals surface area contributed by atoms with Crippen LogP contribution in [0.2, 0.25) is 0 Å². The molecule has 2 aromatic rings. The van der Waals surface area contributed by atoms with Crippen LogP contribution in [-0.4, -0.2) is 47.1 Å². The summed E-state index contributed by atoms with van der Waals surface area (Å²) in [6, 6.07) is 5.33. The van der Waals surface area contributed by atoms with E-state index in [9.17, 15) is 4.79 Å². The maximum absolute atomic E-state index is 12.0. The monoisotopic (exact) mass is 411 g/mol. The van der Waals surface area contributed by atoms with E-state index in [4.69, 9.17) is 4.74 Å². The predicted octanol–water partition coefficient (Wildman–Crippen LogP) is 3.42. The summed E-state index contributed by atoms with van der Waals surface area (Å²) in [5.74, 6) is 1.42. The maximum Gasteiger partial charge on any atom is 0.326 e. The van der Waals surface area contributed by atoms with Gasteiger partial charge in [0.1, 0.15) is 18.2 Å². The van der Waals surface area contributed by atoms with Gasteiger partial charge in [-0.3, -0.25) is 10.6 Å². The molecule has 0 aromatic carbocycles. The molecule has 1 aliphatic rings. The van der Waals surface area contributed by atoms with E-state index in [-0.39, 0.29) is 0 Å². The van der Waals surface area contributed by atoms with Crippen molar-refractivity contribution >= 4 is 44.9 Å². The molecule has 0 aliphatic carbocycles. The van der Waals surface area contributed by atoms with Crippen molar-refractivity contribution in [3.05, 3.63) is 27.5 Å². The summed E-state index contributed by atoms with van der Waals surface area (Å²) in [4.78, 5) is 22.7. The number of halogens is 1. The number of rotatable bonds is 5. The van der Waals surface area contributed by atoms with Gasteiger partial charge in [0, 0.05) is 17.5 Å². The minimum Gasteiger partial charge on any atom is -0.476 e. The SMILES string of the molecule is CN1CCCC1COc1cccc(NC(=O)Nc2csc(Br)n2)n1. The lowest BCUT2D eigenvalue weighted by atomic mass is 10.2. The van der Waals surface area contributed by atoms with E-state index < -0.39 is 6.03 Å². The van der Waals surface area contributed by atoms with Crippen LogP contribution in [-0.2, 0) is 0 Å². The molecule has 0 saturated carbocycles. The second-order valence-corrected chi connectivity index (χ2v) is 7.65. The lowest BCUT2D eigenvalue weighted by Gasteiger charge is -2.19. The number of hydrogen-bond acceptors (Lipinski definition) is 6. The van der Waals surface area contributed by atoms with E-state index in [1.165, 1.54) is 17.8 Å². The van der Waals surface area contributed by atoms with Gasteiger partial charge in [-0.05, 0) is 48.4 Å². The number of anilines is 2. The van der Waals surface area contributed by atoms with Crippen LogP contribution in [0.3, 0.4) is 0 Å². The van der Waals surface area contributed by atoms with Gasteiger partial charge in [-0.2, -0.15) is 4.98 Å². The molecule has 1 fully saturated rings. The van der Waals surface area contributed by atoms with E-state index >= 15 is 0 Å². The molecule has 2 N–H and O–H groups in total. The van der Waals surface area contributed by atoms with Crippen molar-refractivity contribution in [3.8, 4) is 5.88 Å². The van der Waals surface area contributed by atoms with Crippen molar-refractivity contribution in [2.24, 2.45) is 0 Å². The van der Waals surface area contributed by atoms with E-state index in [2.05, 4.69) is 48.5 Å². The topological polar surface area (TPSA) is 79.4 Å². The van der Waals surface area contributed by atoms with Gasteiger partial charge in [-0.15, -0.1) is 11.3 Å². The first-order chi connectivity index (χ1) is 11.6. The molecule has 1 atom stereocenters. The van der Waals surface area contributed by atoms with Crippen molar-refractivity contribution in [2.45, 2.75) is 18.9 Å². The van der Waals surface area contributed by atoms with E-state index in [1.54, 1.807) is 23.6 Å². The number of thiazole rings is 1. The molecule has 3 heterocycles. The molecule has 9 heteroatoms. The summed E-state index contributed by atoms with van der Waals surface area (Å²) >= 11 is 4.65. The number of nitrogens with zero attached hydrogens (tertiary/aromatic N) is 3. The summed E-state index contributed by atoms with van der Waals surface area (Å²) < 4.78 is 6.47. The highest BCUT2D eigenvalue weighted by Crippen LogP contribution is 2.20. The first-order valence-corrected chi connectivity index (χ1v) is 9.26. The second kappa shape index (κ2) is 7.91. The smallest absolute Gasteiger partial charge is 0.326 e. The Bertz CT molecular complexity index is 711. The molecule has 3 rings (SSSR count). The number of urea groups is 1. The number of amides is 2. The van der Waals surface area contributed by atoms with Crippen LogP contribution in [0.5, 0.6) is 5.88 Å². The van der Waals surface area contributed by atoms with Crippen LogP contribution < -0.4 is 15.4 Å². The van der Waals surface area contributed by atoms with Crippen LogP contribution in [0, 0.1) is 0 Å². The maximum atomic E-state index is 12.0. The van der Waals surface area contributed by atoms with E-state index in [1.807, 2.05) is 0 Å². The largest absolute Gasteiger partial charge is 0.476 e. The quantitative estimate of drug-likeness (QED) is 0.787. The molecule has 24 heavy (non-hydrogen) atoms. The van der Waals surface area contributed by atoms with E-state index in [0.29, 0.717) is 34.1 Å². The standard InChI is InChI=1S/C15H18BrN5O2S/c1-21-7-3-4-10(21)8-23-13-6-2-5-11(17-13)19-15(22)20-12-9-24-14(16)18-12/h2,5-6,9-10H,3-4,7-8H2,1H3,(H2,17,19,20,22). The number of ether oxygens (including phenoxy) is 1. The van der Waals surface area contributed by atoms with Gasteiger partial charge in [-0.1, -0.05) is 6.07 Å². The number of hydrogen-bond donors (Lipinski definition) is 2.